The SMILES string of the molecule is CC(=O)C12C3C4C1C1C2C3C41CNC(=O)c1cc(C(=O)NCc2ccc3oc(=O)[nH]c3c2)nc2ccnn12. The van der Waals surface area contributed by atoms with Gasteiger partial charge in [-0.15, -0.1) is 0 Å². The van der Waals surface area contributed by atoms with Crippen LogP contribution in [0.2, 0.25) is 0 Å². The second-order valence-electron chi connectivity index (χ2n) is 11.6. The van der Waals surface area contributed by atoms with Crippen molar-refractivity contribution in [3.8, 4) is 0 Å². The zero-order chi connectivity index (χ0) is 25.7. The van der Waals surface area contributed by atoms with E-state index in [9.17, 15) is 19.2 Å². The summed E-state index contributed by atoms with van der Waals surface area (Å²) in [5.41, 5.74) is 2.72. The van der Waals surface area contributed by atoms with E-state index in [4.69, 9.17) is 4.42 Å². The van der Waals surface area contributed by atoms with E-state index in [0.29, 0.717) is 64.6 Å². The number of nitrogens with one attached hydrogen (secondary N) is 3. The molecule has 2 amide bonds. The van der Waals surface area contributed by atoms with Gasteiger partial charge in [-0.2, -0.15) is 5.10 Å². The molecule has 0 bridgehead atoms. The summed E-state index contributed by atoms with van der Waals surface area (Å²) in [6.07, 6.45) is 1.54. The van der Waals surface area contributed by atoms with Crippen molar-refractivity contribution in [3.05, 3.63) is 64.0 Å². The molecule has 3 N–H and O–H groups in total. The van der Waals surface area contributed by atoms with Crippen molar-refractivity contribution in [2.45, 2.75) is 13.5 Å². The lowest BCUT2D eigenvalue weighted by Crippen LogP contribution is -3.11. The average molecular weight is 511 g/mol. The summed E-state index contributed by atoms with van der Waals surface area (Å²) in [6, 6.07) is 8.27. The molecule has 0 spiro atoms. The summed E-state index contributed by atoms with van der Waals surface area (Å²) in [5, 5.41) is 10.2. The second kappa shape index (κ2) is 6.23. The van der Waals surface area contributed by atoms with Crippen LogP contribution in [0, 0.1) is 46.3 Å². The number of carbonyl (C=O) groups is 3. The highest BCUT2D eigenvalue weighted by Crippen LogP contribution is 3.10. The molecule has 3 heterocycles. The number of carbonyl (C=O) groups excluding carboxylic acids is 3. The number of aromatic amines is 1. The van der Waals surface area contributed by atoms with Gasteiger partial charge in [0.25, 0.3) is 11.8 Å². The van der Waals surface area contributed by atoms with Gasteiger partial charge in [0.1, 0.15) is 17.2 Å². The number of benzene rings is 1. The fourth-order valence-electron chi connectivity index (χ4n) is 9.71. The molecule has 38 heavy (non-hydrogen) atoms. The third kappa shape index (κ3) is 1.96. The molecule has 0 atom stereocenters. The standard InChI is InChI=1S/C27H22N6O5/c1-10(34)27-20-17-21(27)19-22(27)18(20)26(17,19)9-29-24(36)14-7-13(31-16-4-5-30-33(14)16)23(35)28-8-11-2-3-15-12(6-11)32-25(37)38-15/h2-7,17-22H,8-9H2,1H3,(H,28,35)(H,29,36)(H,32,37). The molecule has 6 saturated carbocycles. The summed E-state index contributed by atoms with van der Waals surface area (Å²) in [5.74, 6) is 2.56. The Morgan fingerprint density at radius 2 is 1.79 bits per heavy atom. The number of fused-ring (bicyclic) bond motifs is 2. The van der Waals surface area contributed by atoms with Gasteiger partial charge in [-0.05, 0) is 65.5 Å². The highest BCUT2D eigenvalue weighted by Gasteiger charge is 3.10. The fraction of sp³-hybridized carbons (Fsp3) is 0.407. The first-order valence-corrected chi connectivity index (χ1v) is 12.9. The van der Waals surface area contributed by atoms with E-state index in [1.807, 2.05) is 0 Å². The molecular weight excluding hydrogens is 488 g/mol. The summed E-state index contributed by atoms with van der Waals surface area (Å²) in [7, 11) is 0. The maximum Gasteiger partial charge on any atom is 0.417 e. The molecule has 0 unspecified atom stereocenters. The van der Waals surface area contributed by atoms with Crippen LogP contribution in [0.1, 0.15) is 33.5 Å². The quantitative estimate of drug-likeness (QED) is 0.337. The molecule has 190 valence electrons. The van der Waals surface area contributed by atoms with Crippen LogP contribution in [0.5, 0.6) is 0 Å². The Morgan fingerprint density at radius 3 is 2.53 bits per heavy atom. The number of nitrogens with zero attached hydrogens (tertiary/aromatic N) is 3. The summed E-state index contributed by atoms with van der Waals surface area (Å²) in [4.78, 5) is 56.9. The Hall–Kier alpha value is -4.28. The molecule has 0 saturated heterocycles. The molecule has 6 aliphatic rings. The number of oxazole rings is 1. The number of H-pyrrole nitrogens is 1. The lowest BCUT2D eigenvalue weighted by atomic mass is 8.92. The molecule has 11 heteroatoms. The van der Waals surface area contributed by atoms with E-state index in [-0.39, 0.29) is 34.7 Å². The van der Waals surface area contributed by atoms with Gasteiger partial charge in [-0.25, -0.2) is 14.3 Å². The van der Waals surface area contributed by atoms with Gasteiger partial charge in [0.15, 0.2) is 11.2 Å². The normalized spacial score (nSPS) is 35.8. The van der Waals surface area contributed by atoms with Crippen LogP contribution < -0.4 is 16.4 Å². The van der Waals surface area contributed by atoms with Crippen LogP contribution in [0.15, 0.2) is 45.7 Å². The lowest BCUT2D eigenvalue weighted by molar-refractivity contribution is -0.638. The van der Waals surface area contributed by atoms with E-state index in [0.717, 1.165) is 5.56 Å². The smallest absolute Gasteiger partial charge is 0.408 e. The van der Waals surface area contributed by atoms with Crippen LogP contribution in [0.4, 0.5) is 0 Å². The largest absolute Gasteiger partial charge is 0.417 e. The first-order chi connectivity index (χ1) is 18.4. The molecule has 4 aromatic rings. The molecule has 6 fully saturated rings. The van der Waals surface area contributed by atoms with Crippen LogP contribution >= 0.6 is 0 Å². The molecule has 3 aromatic heterocycles. The van der Waals surface area contributed by atoms with Gasteiger partial charge in [-0.3, -0.25) is 19.4 Å². The molecule has 6 aliphatic carbocycles. The molecule has 10 rings (SSSR count). The van der Waals surface area contributed by atoms with Gasteiger partial charge in [0.05, 0.1) is 11.7 Å². The van der Waals surface area contributed by atoms with Crippen molar-refractivity contribution in [1.29, 1.82) is 0 Å². The van der Waals surface area contributed by atoms with Crippen LogP contribution in [0.3, 0.4) is 0 Å². The minimum atomic E-state index is -0.537. The summed E-state index contributed by atoms with van der Waals surface area (Å²) >= 11 is 0. The Balaban J connectivity index is 0.922. The minimum absolute atomic E-state index is 0.0157. The molecular formula is C27H22N6O5. The third-order valence-corrected chi connectivity index (χ3v) is 10.8. The topological polar surface area (TPSA) is 151 Å². The Morgan fingerprint density at radius 1 is 1.03 bits per heavy atom. The number of ketones is 1. The van der Waals surface area contributed by atoms with Crippen molar-refractivity contribution in [1.82, 2.24) is 30.2 Å². The number of aromatic nitrogens is 4. The average Bonchev–Trinajstić information content (AvgIpc) is 3.54. The summed E-state index contributed by atoms with van der Waals surface area (Å²) in [6.45, 7) is 2.56. The fourth-order valence-corrected chi connectivity index (χ4v) is 9.71. The van der Waals surface area contributed by atoms with Crippen molar-refractivity contribution in [2.75, 3.05) is 6.54 Å². The first kappa shape index (κ1) is 20.7. The monoisotopic (exact) mass is 510 g/mol. The molecule has 0 radical (unpaired) electrons. The lowest BCUT2D eigenvalue weighted by Gasteiger charge is -3.11. The molecule has 0 aliphatic heterocycles. The Labute approximate surface area is 214 Å². The minimum Gasteiger partial charge on any atom is -0.408 e. The van der Waals surface area contributed by atoms with Crippen LogP contribution in [0.25, 0.3) is 16.7 Å². The molecule has 1 aromatic carbocycles. The Bertz CT molecular complexity index is 1790. The first-order valence-electron chi connectivity index (χ1n) is 12.9. The number of rotatable bonds is 7. The number of hydrogen-bond acceptors (Lipinski definition) is 7. The molecule has 11 nitrogen and oxygen atoms in total. The van der Waals surface area contributed by atoms with E-state index >= 15 is 0 Å². The van der Waals surface area contributed by atoms with E-state index in [2.05, 4.69) is 25.7 Å². The van der Waals surface area contributed by atoms with Gasteiger partial charge in [-0.1, -0.05) is 6.07 Å². The van der Waals surface area contributed by atoms with Crippen LogP contribution in [-0.4, -0.2) is 43.7 Å². The highest BCUT2D eigenvalue weighted by molar-refractivity contribution is 5.98. The number of hydrogen-bond donors (Lipinski definition) is 3. The zero-order valence-electron chi connectivity index (χ0n) is 20.2. The number of amides is 2. The zero-order valence-corrected chi connectivity index (χ0v) is 20.2. The van der Waals surface area contributed by atoms with Crippen molar-refractivity contribution < 1.29 is 18.8 Å². The predicted octanol–water partition coefficient (Wildman–Crippen LogP) is 1.15. The summed E-state index contributed by atoms with van der Waals surface area (Å²) < 4.78 is 6.45. The van der Waals surface area contributed by atoms with Gasteiger partial charge >= 0.3 is 5.76 Å². The van der Waals surface area contributed by atoms with Crippen molar-refractivity contribution in [3.63, 3.8) is 0 Å². The second-order valence-corrected chi connectivity index (χ2v) is 11.6. The van der Waals surface area contributed by atoms with E-state index in [1.54, 1.807) is 37.4 Å². The third-order valence-electron chi connectivity index (χ3n) is 10.8. The van der Waals surface area contributed by atoms with Crippen molar-refractivity contribution >= 4 is 34.3 Å². The van der Waals surface area contributed by atoms with E-state index < -0.39 is 11.7 Å². The predicted molar refractivity (Wildman–Crippen MR) is 130 cm³/mol. The van der Waals surface area contributed by atoms with Gasteiger partial charge < -0.3 is 15.1 Å². The highest BCUT2D eigenvalue weighted by atomic mass is 16.4. The van der Waals surface area contributed by atoms with Crippen LogP contribution in [-0.2, 0) is 11.3 Å². The van der Waals surface area contributed by atoms with Crippen molar-refractivity contribution in [2.24, 2.45) is 46.3 Å². The maximum atomic E-state index is 13.3. The Kier molecular flexibility index (Phi) is 3.40. The van der Waals surface area contributed by atoms with Gasteiger partial charge in [0, 0.05) is 30.6 Å². The maximum absolute atomic E-state index is 13.3. The number of Topliss-reactive ketones (excluding diaryl/α,β-unsaturated/α-hetero) is 1. The van der Waals surface area contributed by atoms with Gasteiger partial charge in [0.2, 0.25) is 0 Å². The van der Waals surface area contributed by atoms with E-state index in [1.165, 1.54) is 10.6 Å².